The van der Waals surface area contributed by atoms with Crippen LogP contribution in [0.3, 0.4) is 0 Å². The highest BCUT2D eigenvalue weighted by Gasteiger charge is 2.20. The van der Waals surface area contributed by atoms with Gasteiger partial charge in [-0.1, -0.05) is 37.3 Å². The molecule has 1 atom stereocenters. The third kappa shape index (κ3) is 4.24. The van der Waals surface area contributed by atoms with Crippen LogP contribution in [0.2, 0.25) is 0 Å². The van der Waals surface area contributed by atoms with Gasteiger partial charge in [-0.3, -0.25) is 4.98 Å². The largest absolute Gasteiger partial charge is 0.352 e. The number of aryl methyl sites for hydroxylation is 1. The first-order valence-electron chi connectivity index (χ1n) is 8.62. The Kier molecular flexibility index (Phi) is 5.45. The van der Waals surface area contributed by atoms with Crippen molar-refractivity contribution in [3.8, 4) is 0 Å². The minimum Gasteiger partial charge on any atom is -0.352 e. The number of nitrogens with one attached hydrogen (secondary N) is 3. The standard InChI is InChI=1S/C10H14N6O.C8H10.3H2/c1-6-4-16(3-2-11-6)9-7-8(12-5-13-9)15-10(17)14-7;1-2-8-6-4-3-5-7-8;;;/h5-6,11H,2-4H2,1H3,(H2,12,13,14,15,17);3-7H,2H2,1H3;3*1H/t6-;;;;/m1..../s1. The van der Waals surface area contributed by atoms with Crippen LogP contribution < -0.4 is 15.9 Å². The smallest absolute Gasteiger partial charge is 0.325 e. The highest BCUT2D eigenvalue weighted by Crippen LogP contribution is 2.19. The summed E-state index contributed by atoms with van der Waals surface area (Å²) in [5.41, 5.74) is 2.41. The molecule has 2 aromatic heterocycles. The van der Waals surface area contributed by atoms with E-state index in [1.807, 2.05) is 6.07 Å². The molecule has 3 aromatic rings. The van der Waals surface area contributed by atoms with Crippen LogP contribution in [0.25, 0.3) is 11.2 Å². The molecule has 7 nitrogen and oxygen atoms in total. The predicted octanol–water partition coefficient (Wildman–Crippen LogP) is 2.43. The van der Waals surface area contributed by atoms with Gasteiger partial charge in [0, 0.05) is 30.0 Å². The molecule has 1 aliphatic heterocycles. The number of hydrogen-bond donors (Lipinski definition) is 3. The minimum absolute atomic E-state index is 0. The fourth-order valence-corrected chi connectivity index (χ4v) is 2.92. The monoisotopic (exact) mass is 346 g/mol. The fraction of sp³-hybridized carbons (Fsp3) is 0.389. The number of H-pyrrole nitrogens is 2. The Labute approximate surface area is 151 Å². The maximum Gasteiger partial charge on any atom is 0.325 e. The zero-order valence-electron chi connectivity index (χ0n) is 14.6. The van der Waals surface area contributed by atoms with Gasteiger partial charge in [-0.2, -0.15) is 0 Å². The lowest BCUT2D eigenvalue weighted by Crippen LogP contribution is -2.49. The summed E-state index contributed by atoms with van der Waals surface area (Å²) >= 11 is 0. The summed E-state index contributed by atoms with van der Waals surface area (Å²) in [5, 5.41) is 3.37. The van der Waals surface area contributed by atoms with Crippen molar-refractivity contribution in [3.63, 3.8) is 0 Å². The van der Waals surface area contributed by atoms with Gasteiger partial charge in [0.2, 0.25) is 0 Å². The first-order valence-corrected chi connectivity index (χ1v) is 8.62. The predicted molar refractivity (Wildman–Crippen MR) is 106 cm³/mol. The van der Waals surface area contributed by atoms with Gasteiger partial charge in [-0.25, -0.2) is 14.8 Å². The number of anilines is 1. The second-order valence-corrected chi connectivity index (χ2v) is 6.14. The maximum absolute atomic E-state index is 11.3. The quantitative estimate of drug-likeness (QED) is 0.663. The average Bonchev–Trinajstić information content (AvgIpc) is 3.03. The van der Waals surface area contributed by atoms with Crippen LogP contribution in [0, 0.1) is 0 Å². The van der Waals surface area contributed by atoms with Crippen LogP contribution in [-0.2, 0) is 6.42 Å². The number of nitrogens with zero attached hydrogens (tertiary/aromatic N) is 3. The van der Waals surface area contributed by atoms with Crippen LogP contribution >= 0.6 is 0 Å². The van der Waals surface area contributed by atoms with Gasteiger partial charge in [-0.05, 0) is 18.9 Å². The number of aromatic nitrogens is 4. The van der Waals surface area contributed by atoms with Crippen molar-refractivity contribution in [2.75, 3.05) is 24.5 Å². The summed E-state index contributed by atoms with van der Waals surface area (Å²) < 4.78 is 0. The molecule has 0 radical (unpaired) electrons. The summed E-state index contributed by atoms with van der Waals surface area (Å²) in [5.74, 6) is 0.793. The summed E-state index contributed by atoms with van der Waals surface area (Å²) in [6, 6.07) is 10.9. The van der Waals surface area contributed by atoms with Crippen molar-refractivity contribution < 1.29 is 4.28 Å². The summed E-state index contributed by atoms with van der Waals surface area (Å²) in [6.45, 7) is 6.96. The van der Waals surface area contributed by atoms with E-state index in [0.29, 0.717) is 17.2 Å². The summed E-state index contributed by atoms with van der Waals surface area (Å²) in [7, 11) is 0. The van der Waals surface area contributed by atoms with Crippen LogP contribution in [0.5, 0.6) is 0 Å². The van der Waals surface area contributed by atoms with Gasteiger partial charge in [0.25, 0.3) is 0 Å². The minimum atomic E-state index is -0.245. The second kappa shape index (κ2) is 7.94. The molecule has 0 bridgehead atoms. The summed E-state index contributed by atoms with van der Waals surface area (Å²) in [6.07, 6.45) is 2.62. The Bertz CT molecular complexity index is 870. The third-order valence-corrected chi connectivity index (χ3v) is 4.22. The van der Waals surface area contributed by atoms with Crippen molar-refractivity contribution in [1.82, 2.24) is 25.3 Å². The van der Waals surface area contributed by atoms with E-state index in [1.54, 1.807) is 0 Å². The second-order valence-electron chi connectivity index (χ2n) is 6.14. The maximum atomic E-state index is 11.3. The van der Waals surface area contributed by atoms with E-state index in [2.05, 4.69) is 68.3 Å². The Morgan fingerprint density at radius 3 is 2.72 bits per heavy atom. The molecule has 1 aliphatic rings. The van der Waals surface area contributed by atoms with Crippen molar-refractivity contribution in [2.45, 2.75) is 26.3 Å². The molecule has 25 heavy (non-hydrogen) atoms. The first-order chi connectivity index (χ1) is 12.2. The number of rotatable bonds is 2. The number of aromatic amines is 2. The van der Waals surface area contributed by atoms with E-state index in [9.17, 15) is 4.79 Å². The molecule has 0 unspecified atom stereocenters. The SMILES string of the molecule is CCc1ccccc1.C[C@@H]1CN(c2ncnc3[nH]c(=O)[nH]c23)CCN1.[HH].[HH].[HH]. The van der Waals surface area contributed by atoms with Crippen molar-refractivity contribution in [3.05, 3.63) is 52.7 Å². The molecule has 3 heterocycles. The number of imidazole rings is 1. The van der Waals surface area contributed by atoms with Gasteiger partial charge in [-0.15, -0.1) is 0 Å². The van der Waals surface area contributed by atoms with Gasteiger partial charge in [0.05, 0.1) is 0 Å². The lowest BCUT2D eigenvalue weighted by Gasteiger charge is -2.32. The van der Waals surface area contributed by atoms with E-state index in [-0.39, 0.29) is 9.97 Å². The molecule has 3 N–H and O–H groups in total. The van der Waals surface area contributed by atoms with E-state index in [1.165, 1.54) is 11.9 Å². The van der Waals surface area contributed by atoms with E-state index < -0.39 is 0 Å². The highest BCUT2D eigenvalue weighted by atomic mass is 16.1. The number of benzene rings is 1. The normalized spacial score (nSPS) is 17.2. The van der Waals surface area contributed by atoms with Crippen molar-refractivity contribution in [1.29, 1.82) is 0 Å². The Morgan fingerprint density at radius 2 is 2.04 bits per heavy atom. The first kappa shape index (κ1) is 17.2. The number of hydrogen-bond acceptors (Lipinski definition) is 5. The lowest BCUT2D eigenvalue weighted by molar-refractivity contribution is 0.483. The third-order valence-electron chi connectivity index (χ3n) is 4.22. The fourth-order valence-electron chi connectivity index (χ4n) is 2.92. The molecular weight excluding hydrogens is 316 g/mol. The molecule has 4 rings (SSSR count). The molecule has 0 spiro atoms. The number of fused-ring (bicyclic) bond motifs is 1. The molecule has 1 fully saturated rings. The molecular formula is C18H30N6O. The van der Waals surface area contributed by atoms with Crippen molar-refractivity contribution in [2.24, 2.45) is 0 Å². The molecule has 1 saturated heterocycles. The lowest BCUT2D eigenvalue weighted by atomic mass is 10.2. The Balaban J connectivity index is 0.000000574. The van der Waals surface area contributed by atoms with E-state index in [0.717, 1.165) is 31.9 Å². The zero-order chi connectivity index (χ0) is 17.6. The molecule has 0 aliphatic carbocycles. The van der Waals surface area contributed by atoms with E-state index in [4.69, 9.17) is 0 Å². The molecule has 138 valence electrons. The zero-order valence-corrected chi connectivity index (χ0v) is 14.6. The summed E-state index contributed by atoms with van der Waals surface area (Å²) in [4.78, 5) is 27.1. The molecule has 1 aromatic carbocycles. The number of piperazine rings is 1. The van der Waals surface area contributed by atoms with Crippen molar-refractivity contribution >= 4 is 17.0 Å². The highest BCUT2D eigenvalue weighted by molar-refractivity contribution is 5.82. The van der Waals surface area contributed by atoms with Crippen LogP contribution in [0.15, 0.2) is 41.5 Å². The Morgan fingerprint density at radius 1 is 1.24 bits per heavy atom. The Hall–Kier alpha value is -2.67. The average molecular weight is 346 g/mol. The van der Waals surface area contributed by atoms with Crippen LogP contribution in [-0.4, -0.2) is 45.6 Å². The van der Waals surface area contributed by atoms with Gasteiger partial charge in [0.15, 0.2) is 11.5 Å². The topological polar surface area (TPSA) is 89.7 Å². The molecule has 7 heteroatoms. The molecule has 0 saturated carbocycles. The van der Waals surface area contributed by atoms with Gasteiger partial charge in [0.1, 0.15) is 11.8 Å². The van der Waals surface area contributed by atoms with Gasteiger partial charge < -0.3 is 15.2 Å². The van der Waals surface area contributed by atoms with Crippen LogP contribution in [0.1, 0.15) is 23.7 Å². The molecule has 0 amide bonds. The van der Waals surface area contributed by atoms with Crippen LogP contribution in [0.4, 0.5) is 5.82 Å². The van der Waals surface area contributed by atoms with E-state index >= 15 is 0 Å². The van der Waals surface area contributed by atoms with Gasteiger partial charge >= 0.3 is 5.69 Å².